The summed E-state index contributed by atoms with van der Waals surface area (Å²) in [5.41, 5.74) is 0.517. The van der Waals surface area contributed by atoms with Crippen LogP contribution in [0.25, 0.3) is 10.4 Å². The Morgan fingerprint density at radius 2 is 1.73 bits per heavy atom. The largest absolute Gasteiger partial charge is 0.477 e. The van der Waals surface area contributed by atoms with Crippen LogP contribution in [-0.2, 0) is 10.0 Å². The number of rotatable bonds is 5. The van der Waals surface area contributed by atoms with Crippen LogP contribution in [0.2, 0.25) is 0 Å². The molecule has 0 atom stereocenters. The van der Waals surface area contributed by atoms with Gasteiger partial charge < -0.3 is 5.11 Å². The van der Waals surface area contributed by atoms with Crippen LogP contribution in [0.15, 0.2) is 59.5 Å². The zero-order valence-electron chi connectivity index (χ0n) is 12.9. The molecule has 5 nitrogen and oxygen atoms in total. The average molecular weight is 395 g/mol. The van der Waals surface area contributed by atoms with Gasteiger partial charge in [0.2, 0.25) is 0 Å². The lowest BCUT2D eigenvalue weighted by Crippen LogP contribution is -2.16. The molecule has 2 N–H and O–H groups in total. The zero-order valence-corrected chi connectivity index (χ0v) is 14.6. The van der Waals surface area contributed by atoms with Gasteiger partial charge in [-0.05, 0) is 23.8 Å². The normalized spacial score (nSPS) is 11.3. The number of anilines is 1. The van der Waals surface area contributed by atoms with E-state index in [1.165, 1.54) is 6.07 Å². The molecule has 3 rings (SSSR count). The van der Waals surface area contributed by atoms with Crippen molar-refractivity contribution in [1.29, 1.82) is 0 Å². The first-order chi connectivity index (χ1) is 12.3. The summed E-state index contributed by atoms with van der Waals surface area (Å²) < 4.78 is 53.7. The van der Waals surface area contributed by atoms with E-state index in [-0.39, 0.29) is 10.6 Å². The molecule has 0 unspecified atom stereocenters. The lowest BCUT2D eigenvalue weighted by atomic mass is 10.2. The summed E-state index contributed by atoms with van der Waals surface area (Å²) >= 11 is 0.883. The third-order valence-corrected chi connectivity index (χ3v) is 5.98. The van der Waals surface area contributed by atoms with Crippen LogP contribution in [0.1, 0.15) is 9.67 Å². The summed E-state index contributed by atoms with van der Waals surface area (Å²) in [6.07, 6.45) is 0. The number of hydrogen-bond donors (Lipinski definition) is 2. The third kappa shape index (κ3) is 3.58. The van der Waals surface area contributed by atoms with Gasteiger partial charge in [0.15, 0.2) is 0 Å². The molecule has 134 valence electrons. The monoisotopic (exact) mass is 395 g/mol. The van der Waals surface area contributed by atoms with Gasteiger partial charge in [-0.1, -0.05) is 30.3 Å². The van der Waals surface area contributed by atoms with Crippen molar-refractivity contribution in [3.8, 4) is 10.4 Å². The van der Waals surface area contributed by atoms with Crippen LogP contribution >= 0.6 is 11.3 Å². The van der Waals surface area contributed by atoms with Crippen molar-refractivity contribution in [1.82, 2.24) is 0 Å². The van der Waals surface area contributed by atoms with Gasteiger partial charge in [-0.15, -0.1) is 11.3 Å². The minimum Gasteiger partial charge on any atom is -0.477 e. The van der Waals surface area contributed by atoms with E-state index in [9.17, 15) is 27.1 Å². The molecule has 0 fully saturated rings. The van der Waals surface area contributed by atoms with Gasteiger partial charge in [0.1, 0.15) is 21.4 Å². The van der Waals surface area contributed by atoms with Gasteiger partial charge in [-0.3, -0.25) is 4.72 Å². The van der Waals surface area contributed by atoms with E-state index in [4.69, 9.17) is 0 Å². The van der Waals surface area contributed by atoms with Gasteiger partial charge in [0, 0.05) is 10.9 Å². The second-order valence-corrected chi connectivity index (χ2v) is 7.91. The molecule has 0 aliphatic carbocycles. The number of carboxylic acid groups (broad SMARTS) is 1. The highest BCUT2D eigenvalue weighted by Gasteiger charge is 2.24. The minimum absolute atomic E-state index is 0.190. The van der Waals surface area contributed by atoms with Crippen molar-refractivity contribution < 1.29 is 27.1 Å². The topological polar surface area (TPSA) is 83.5 Å². The molecule has 3 aromatic rings. The van der Waals surface area contributed by atoms with Gasteiger partial charge in [-0.2, -0.15) is 0 Å². The molecule has 0 spiro atoms. The Morgan fingerprint density at radius 3 is 2.35 bits per heavy atom. The Morgan fingerprint density at radius 1 is 1.04 bits per heavy atom. The number of carbonyl (C=O) groups is 1. The zero-order chi connectivity index (χ0) is 18.9. The first kappa shape index (κ1) is 18.0. The number of carboxylic acids is 1. The minimum atomic E-state index is -4.43. The van der Waals surface area contributed by atoms with Crippen LogP contribution in [0, 0.1) is 11.6 Å². The summed E-state index contributed by atoms with van der Waals surface area (Å²) in [7, 11) is -4.43. The molecule has 0 amide bonds. The molecule has 1 heterocycles. The maximum Gasteiger partial charge on any atom is 0.348 e. The van der Waals surface area contributed by atoms with E-state index in [1.807, 2.05) is 0 Å². The van der Waals surface area contributed by atoms with E-state index in [1.54, 1.807) is 30.3 Å². The number of halogens is 2. The van der Waals surface area contributed by atoms with Crippen molar-refractivity contribution in [3.63, 3.8) is 0 Å². The van der Waals surface area contributed by atoms with Crippen molar-refractivity contribution in [3.05, 3.63) is 71.1 Å². The van der Waals surface area contributed by atoms with Gasteiger partial charge in [0.25, 0.3) is 10.0 Å². The standard InChI is InChI=1S/C17H11F2NO4S2/c18-11-6-7-15(12(19)8-11)26(23,24)20-13-9-14(25-16(13)17(21)22)10-4-2-1-3-5-10/h1-9,20H,(H,21,22). The molecule has 1 aromatic heterocycles. The SMILES string of the molecule is O=C(O)c1sc(-c2ccccc2)cc1NS(=O)(=O)c1ccc(F)cc1F. The van der Waals surface area contributed by atoms with Crippen molar-refractivity contribution in [2.45, 2.75) is 4.90 Å². The molecule has 0 radical (unpaired) electrons. The van der Waals surface area contributed by atoms with E-state index >= 15 is 0 Å². The highest BCUT2D eigenvalue weighted by Crippen LogP contribution is 2.36. The van der Waals surface area contributed by atoms with Crippen LogP contribution in [0.4, 0.5) is 14.5 Å². The van der Waals surface area contributed by atoms with Crippen molar-refractivity contribution >= 4 is 33.0 Å². The van der Waals surface area contributed by atoms with Gasteiger partial charge in [-0.25, -0.2) is 22.0 Å². The maximum atomic E-state index is 13.8. The van der Waals surface area contributed by atoms with E-state index < -0.39 is 32.5 Å². The Kier molecular flexibility index (Phi) is 4.75. The number of aromatic carboxylic acids is 1. The Labute approximate surface area is 151 Å². The lowest BCUT2D eigenvalue weighted by molar-refractivity contribution is 0.0703. The number of nitrogens with one attached hydrogen (secondary N) is 1. The van der Waals surface area contributed by atoms with E-state index in [2.05, 4.69) is 4.72 Å². The van der Waals surface area contributed by atoms with E-state index in [0.29, 0.717) is 16.5 Å². The van der Waals surface area contributed by atoms with Crippen molar-refractivity contribution in [2.75, 3.05) is 4.72 Å². The van der Waals surface area contributed by atoms with Crippen molar-refractivity contribution in [2.24, 2.45) is 0 Å². The molecule has 0 bridgehead atoms. The van der Waals surface area contributed by atoms with Crippen LogP contribution < -0.4 is 4.72 Å². The molecule has 0 saturated heterocycles. The summed E-state index contributed by atoms with van der Waals surface area (Å²) in [5, 5.41) is 9.34. The molecule has 0 saturated carbocycles. The summed E-state index contributed by atoms with van der Waals surface area (Å²) in [6, 6.07) is 12.2. The summed E-state index contributed by atoms with van der Waals surface area (Å²) in [4.78, 5) is 11.0. The highest BCUT2D eigenvalue weighted by atomic mass is 32.2. The second kappa shape index (κ2) is 6.85. The fraction of sp³-hybridized carbons (Fsp3) is 0. The number of hydrogen-bond acceptors (Lipinski definition) is 4. The average Bonchev–Trinajstić information content (AvgIpc) is 2.98. The van der Waals surface area contributed by atoms with Crippen LogP contribution in [0.3, 0.4) is 0 Å². The Bertz CT molecular complexity index is 1080. The molecule has 0 aliphatic heterocycles. The number of benzene rings is 2. The molecular formula is C17H11F2NO4S2. The first-order valence-electron chi connectivity index (χ1n) is 7.18. The molecular weight excluding hydrogens is 384 g/mol. The smallest absolute Gasteiger partial charge is 0.348 e. The van der Waals surface area contributed by atoms with Gasteiger partial charge in [0.05, 0.1) is 5.69 Å². The maximum absolute atomic E-state index is 13.8. The highest BCUT2D eigenvalue weighted by molar-refractivity contribution is 7.92. The lowest BCUT2D eigenvalue weighted by Gasteiger charge is -2.08. The fourth-order valence-electron chi connectivity index (χ4n) is 2.26. The number of sulfonamides is 1. The predicted molar refractivity (Wildman–Crippen MR) is 93.9 cm³/mol. The van der Waals surface area contributed by atoms with Gasteiger partial charge >= 0.3 is 5.97 Å². The molecule has 9 heteroatoms. The van der Waals surface area contributed by atoms with E-state index in [0.717, 1.165) is 23.5 Å². The Hall–Kier alpha value is -2.78. The summed E-state index contributed by atoms with van der Waals surface area (Å²) in [5.74, 6) is -3.52. The molecule has 2 aromatic carbocycles. The Balaban J connectivity index is 2.03. The van der Waals surface area contributed by atoms with Crippen LogP contribution in [0.5, 0.6) is 0 Å². The first-order valence-corrected chi connectivity index (χ1v) is 9.48. The summed E-state index contributed by atoms with van der Waals surface area (Å²) in [6.45, 7) is 0. The van der Waals surface area contributed by atoms with Crippen LogP contribution in [-0.4, -0.2) is 19.5 Å². The molecule has 26 heavy (non-hydrogen) atoms. The molecule has 0 aliphatic rings. The third-order valence-electron chi connectivity index (χ3n) is 3.41. The number of thiophene rings is 1. The predicted octanol–water partition coefficient (Wildman–Crippen LogP) is 4.19. The quantitative estimate of drug-likeness (QED) is 0.678. The fourth-order valence-corrected chi connectivity index (χ4v) is 4.41. The second-order valence-electron chi connectivity index (χ2n) is 5.20.